The summed E-state index contributed by atoms with van der Waals surface area (Å²) < 4.78 is 89.8. The Hall–Kier alpha value is -2.67. The molecule has 35 heavy (non-hydrogen) atoms. The Labute approximate surface area is 201 Å². The number of benzene rings is 1. The molecular weight excluding hydrogens is 495 g/mol. The van der Waals surface area contributed by atoms with Gasteiger partial charge in [-0.15, -0.1) is 0 Å². The van der Waals surface area contributed by atoms with Crippen LogP contribution in [0.25, 0.3) is 5.76 Å². The molecule has 1 amide bonds. The third-order valence-corrected chi connectivity index (χ3v) is 6.21. The van der Waals surface area contributed by atoms with Gasteiger partial charge in [0, 0.05) is 32.7 Å². The van der Waals surface area contributed by atoms with Gasteiger partial charge in [-0.3, -0.25) is 0 Å². The summed E-state index contributed by atoms with van der Waals surface area (Å²) in [7, 11) is -4.63. The first-order chi connectivity index (χ1) is 16.2. The highest BCUT2D eigenvalue weighted by molar-refractivity contribution is 7.87. The van der Waals surface area contributed by atoms with Crippen LogP contribution in [-0.4, -0.2) is 63.1 Å². The van der Waals surface area contributed by atoms with E-state index in [0.717, 1.165) is 0 Å². The summed E-state index contributed by atoms with van der Waals surface area (Å²) in [6, 6.07) is 4.44. The van der Waals surface area contributed by atoms with Crippen LogP contribution in [0, 0.1) is 0 Å². The van der Waals surface area contributed by atoms with Crippen LogP contribution in [0.5, 0.6) is 11.5 Å². The number of likely N-dealkylation sites (tertiary alicyclic amines) is 1. The fraction of sp³-hybridized carbons (Fsp3) is 0.591. The molecular formula is C22H28F3NO8S. The molecule has 1 aromatic rings. The van der Waals surface area contributed by atoms with Crippen molar-refractivity contribution in [3.05, 3.63) is 29.8 Å². The molecule has 0 aromatic heterocycles. The topological polar surface area (TPSA) is 101 Å². The van der Waals surface area contributed by atoms with E-state index in [2.05, 4.69) is 4.18 Å². The third-order valence-electron chi connectivity index (χ3n) is 5.24. The molecule has 9 nitrogen and oxygen atoms in total. The average molecular weight is 524 g/mol. The van der Waals surface area contributed by atoms with E-state index < -0.39 is 38.7 Å². The maximum atomic E-state index is 13.2. The molecule has 0 aliphatic carbocycles. The Morgan fingerprint density at radius 1 is 1.17 bits per heavy atom. The summed E-state index contributed by atoms with van der Waals surface area (Å²) in [6.07, 6.45) is 1.56. The normalized spacial score (nSPS) is 20.9. The zero-order valence-corrected chi connectivity index (χ0v) is 20.6. The molecule has 2 aliphatic rings. The molecule has 1 fully saturated rings. The number of hydrogen-bond donors (Lipinski definition) is 0. The van der Waals surface area contributed by atoms with Crippen molar-refractivity contribution in [3.8, 4) is 11.5 Å². The lowest BCUT2D eigenvalue weighted by Gasteiger charge is -2.36. The van der Waals surface area contributed by atoms with Crippen molar-refractivity contribution >= 4 is 22.0 Å². The van der Waals surface area contributed by atoms with E-state index in [9.17, 15) is 26.4 Å². The minimum Gasteiger partial charge on any atom is -0.482 e. The van der Waals surface area contributed by atoms with Gasteiger partial charge in [0.05, 0.1) is 0 Å². The number of amides is 1. The zero-order valence-electron chi connectivity index (χ0n) is 19.8. The molecule has 0 bridgehead atoms. The van der Waals surface area contributed by atoms with E-state index >= 15 is 0 Å². The number of halogens is 3. The highest BCUT2D eigenvalue weighted by Gasteiger charge is 2.50. The number of ether oxygens (including phenoxy) is 4. The number of fused-ring (bicyclic) bond motifs is 1. The summed E-state index contributed by atoms with van der Waals surface area (Å²) in [4.78, 5) is 14.0. The van der Waals surface area contributed by atoms with Gasteiger partial charge >= 0.3 is 21.7 Å². The second-order valence-electron chi connectivity index (χ2n) is 9.16. The number of alkyl halides is 3. The van der Waals surface area contributed by atoms with Crippen LogP contribution in [0.15, 0.2) is 24.3 Å². The van der Waals surface area contributed by atoms with Gasteiger partial charge in [0.15, 0.2) is 12.6 Å². The molecule has 2 aliphatic heterocycles. The smallest absolute Gasteiger partial charge is 0.482 e. The second-order valence-corrected chi connectivity index (χ2v) is 10.7. The van der Waals surface area contributed by atoms with Gasteiger partial charge in [-0.05, 0) is 45.7 Å². The molecule has 0 saturated carbocycles. The van der Waals surface area contributed by atoms with Crippen molar-refractivity contribution in [2.45, 2.75) is 56.7 Å². The summed E-state index contributed by atoms with van der Waals surface area (Å²) in [5.41, 5.74) is -7.65. The maximum absolute atomic E-state index is 13.2. The molecule has 2 heterocycles. The largest absolute Gasteiger partial charge is 0.534 e. The molecule has 0 N–H and O–H groups in total. The van der Waals surface area contributed by atoms with Gasteiger partial charge in [0.25, 0.3) is 0 Å². The van der Waals surface area contributed by atoms with Gasteiger partial charge in [-0.25, -0.2) is 4.79 Å². The number of rotatable bonds is 5. The monoisotopic (exact) mass is 523 g/mol. The lowest BCUT2D eigenvalue weighted by Crippen LogP contribution is -2.40. The van der Waals surface area contributed by atoms with Gasteiger partial charge in [-0.1, -0.05) is 6.07 Å². The molecule has 0 radical (unpaired) electrons. The first-order valence-corrected chi connectivity index (χ1v) is 12.2. The summed E-state index contributed by atoms with van der Waals surface area (Å²) in [5, 5.41) is 0. The van der Waals surface area contributed by atoms with Crippen molar-refractivity contribution in [1.82, 2.24) is 4.90 Å². The highest BCUT2D eigenvalue weighted by Crippen LogP contribution is 2.46. The summed E-state index contributed by atoms with van der Waals surface area (Å²) in [6.45, 7) is 5.46. The lowest BCUT2D eigenvalue weighted by molar-refractivity contribution is -0.0511. The minimum atomic E-state index is -5.98. The SMILES string of the molecule is COCOc1cccc2c1C(OS(=O)(=O)C(F)(F)F)=CC1(CCCN(C(=O)OC(C)(C)C)CC1)O2. The van der Waals surface area contributed by atoms with E-state index in [1.165, 1.54) is 30.2 Å². The van der Waals surface area contributed by atoms with Gasteiger partial charge in [0.1, 0.15) is 28.3 Å². The van der Waals surface area contributed by atoms with E-state index in [-0.39, 0.29) is 43.2 Å². The van der Waals surface area contributed by atoms with Crippen molar-refractivity contribution in [2.24, 2.45) is 0 Å². The first-order valence-electron chi connectivity index (χ1n) is 10.8. The molecule has 1 unspecified atom stereocenters. The molecule has 13 heteroatoms. The van der Waals surface area contributed by atoms with Crippen LogP contribution in [0.1, 0.15) is 45.6 Å². The Bertz CT molecular complexity index is 1080. The predicted octanol–water partition coefficient (Wildman–Crippen LogP) is 4.43. The van der Waals surface area contributed by atoms with Crippen LogP contribution >= 0.6 is 0 Å². The van der Waals surface area contributed by atoms with Gasteiger partial charge in [-0.2, -0.15) is 21.6 Å². The number of carbonyl (C=O) groups excluding carboxylic acids is 1. The molecule has 1 aromatic carbocycles. The third kappa shape index (κ3) is 6.31. The van der Waals surface area contributed by atoms with Crippen molar-refractivity contribution in [2.75, 3.05) is 27.0 Å². The molecule has 3 rings (SSSR count). The van der Waals surface area contributed by atoms with Crippen molar-refractivity contribution in [1.29, 1.82) is 0 Å². The fourth-order valence-corrected chi connectivity index (χ4v) is 4.22. The highest BCUT2D eigenvalue weighted by atomic mass is 32.2. The first kappa shape index (κ1) is 26.9. The quantitative estimate of drug-likeness (QED) is 0.318. The zero-order chi connectivity index (χ0) is 26.1. The predicted molar refractivity (Wildman–Crippen MR) is 118 cm³/mol. The molecule has 196 valence electrons. The lowest BCUT2D eigenvalue weighted by atomic mass is 9.89. The number of nitrogens with zero attached hydrogens (tertiary/aromatic N) is 1. The Morgan fingerprint density at radius 3 is 2.51 bits per heavy atom. The maximum Gasteiger partial charge on any atom is 0.534 e. The van der Waals surface area contributed by atoms with Crippen molar-refractivity contribution < 1.29 is 49.5 Å². The van der Waals surface area contributed by atoms with Gasteiger partial charge < -0.3 is 28.0 Å². The summed E-state index contributed by atoms with van der Waals surface area (Å²) >= 11 is 0. The van der Waals surface area contributed by atoms with E-state index in [0.29, 0.717) is 13.0 Å². The summed E-state index contributed by atoms with van der Waals surface area (Å²) in [5.74, 6) is -0.466. The van der Waals surface area contributed by atoms with Gasteiger partial charge in [0.2, 0.25) is 0 Å². The van der Waals surface area contributed by atoms with E-state index in [1.54, 1.807) is 26.8 Å². The standard InChI is InChI=1S/C22H28F3NO8S/c1-20(2,3)33-19(27)26-11-6-9-21(10-12-26)13-17(34-35(28,29)22(23,24)25)18-15(31-14-30-4)7-5-8-16(18)32-21/h5,7-8,13H,6,9-12,14H2,1-4H3. The van der Waals surface area contributed by atoms with Crippen LogP contribution in [0.3, 0.4) is 0 Å². The van der Waals surface area contributed by atoms with E-state index in [1.807, 2.05) is 0 Å². The Kier molecular flexibility index (Phi) is 7.51. The molecule has 1 saturated heterocycles. The van der Waals surface area contributed by atoms with Crippen LogP contribution in [0.2, 0.25) is 0 Å². The number of methoxy groups -OCH3 is 1. The van der Waals surface area contributed by atoms with Crippen LogP contribution in [0.4, 0.5) is 18.0 Å². The Morgan fingerprint density at radius 2 is 1.89 bits per heavy atom. The fourth-order valence-electron chi connectivity index (χ4n) is 3.76. The molecule has 1 spiro atoms. The number of carbonyl (C=O) groups is 1. The number of hydrogen-bond acceptors (Lipinski definition) is 8. The Balaban J connectivity index is 1.99. The van der Waals surface area contributed by atoms with Crippen molar-refractivity contribution in [3.63, 3.8) is 0 Å². The van der Waals surface area contributed by atoms with Crippen LogP contribution in [-0.2, 0) is 23.8 Å². The van der Waals surface area contributed by atoms with Crippen LogP contribution < -0.4 is 9.47 Å². The minimum absolute atomic E-state index is 0.0202. The second kappa shape index (κ2) is 9.76. The average Bonchev–Trinajstić information content (AvgIpc) is 2.92. The van der Waals surface area contributed by atoms with E-state index in [4.69, 9.17) is 18.9 Å². The molecule has 1 atom stereocenters.